The average molecular weight is 691 g/mol. The molecular formula is C34H30BrF2N5O4. The maximum Gasteiger partial charge on any atom is 0.252 e. The standard InChI is InChI=1S/C34H30BrF2N5O4/c35-28-10-4-2-7-23(28)19-34(33(44)39-21-27-29(36)11-5-12-30(27)37)31(26-9-3-1-8-24(26)20-40-42-38)46-32(41-34)22-13-15-25(16-14-22)45-18-6-17-43/h1-5,7-16,31,43H,6,17-21H2,(H,39,44)/t31-,34-/m1/s1. The molecule has 2 atom stereocenters. The Balaban J connectivity index is 1.63. The number of azide groups is 1. The summed E-state index contributed by atoms with van der Waals surface area (Å²) in [6.07, 6.45) is -0.490. The molecule has 0 aliphatic carbocycles. The number of amides is 1. The number of halogens is 3. The molecule has 4 aromatic carbocycles. The maximum absolute atomic E-state index is 14.6. The highest BCUT2D eigenvalue weighted by molar-refractivity contribution is 9.10. The van der Waals surface area contributed by atoms with Gasteiger partial charge in [-0.25, -0.2) is 13.8 Å². The number of hydrogen-bond acceptors (Lipinski definition) is 6. The van der Waals surface area contributed by atoms with Gasteiger partial charge in [-0.15, -0.1) is 0 Å². The summed E-state index contributed by atoms with van der Waals surface area (Å²) in [5, 5.41) is 15.5. The van der Waals surface area contributed by atoms with Crippen molar-refractivity contribution >= 4 is 27.7 Å². The number of carbonyl (C=O) groups is 1. The zero-order valence-electron chi connectivity index (χ0n) is 24.6. The van der Waals surface area contributed by atoms with Gasteiger partial charge in [0.05, 0.1) is 13.2 Å². The summed E-state index contributed by atoms with van der Waals surface area (Å²) >= 11 is 3.59. The highest BCUT2D eigenvalue weighted by Crippen LogP contribution is 2.44. The Morgan fingerprint density at radius 1 is 1.02 bits per heavy atom. The molecule has 2 N–H and O–H groups in total. The van der Waals surface area contributed by atoms with Crippen molar-refractivity contribution < 1.29 is 28.2 Å². The Bertz CT molecular complexity index is 1760. The second kappa shape index (κ2) is 15.0. The molecule has 0 saturated carbocycles. The minimum absolute atomic E-state index is 0.00505. The molecule has 0 saturated heterocycles. The molecule has 1 aliphatic rings. The third kappa shape index (κ3) is 7.20. The molecular weight excluding hydrogens is 660 g/mol. The Morgan fingerprint density at radius 2 is 1.72 bits per heavy atom. The fourth-order valence-electron chi connectivity index (χ4n) is 5.26. The monoisotopic (exact) mass is 689 g/mol. The van der Waals surface area contributed by atoms with Crippen molar-refractivity contribution in [2.45, 2.75) is 37.6 Å². The maximum atomic E-state index is 14.6. The van der Waals surface area contributed by atoms with Gasteiger partial charge in [0.25, 0.3) is 5.91 Å². The molecule has 0 bridgehead atoms. The van der Waals surface area contributed by atoms with Crippen molar-refractivity contribution in [1.29, 1.82) is 0 Å². The van der Waals surface area contributed by atoms with Crippen LogP contribution in [-0.2, 0) is 29.0 Å². The quantitative estimate of drug-likeness (QED) is 0.0671. The molecule has 4 aromatic rings. The molecule has 0 unspecified atom stereocenters. The molecule has 1 heterocycles. The Morgan fingerprint density at radius 3 is 2.41 bits per heavy atom. The van der Waals surface area contributed by atoms with Gasteiger partial charge in [0.2, 0.25) is 5.90 Å². The van der Waals surface area contributed by atoms with Crippen molar-refractivity contribution in [2.24, 2.45) is 10.1 Å². The number of carbonyl (C=O) groups excluding carboxylic acids is 1. The van der Waals surface area contributed by atoms with Gasteiger partial charge in [0, 0.05) is 46.5 Å². The second-order valence-electron chi connectivity index (χ2n) is 10.5. The summed E-state index contributed by atoms with van der Waals surface area (Å²) in [5.41, 5.74) is 9.61. The van der Waals surface area contributed by atoms with E-state index in [1.54, 1.807) is 48.5 Å². The van der Waals surface area contributed by atoms with Crippen LogP contribution in [-0.4, -0.2) is 35.7 Å². The molecule has 1 aliphatic heterocycles. The second-order valence-corrected chi connectivity index (χ2v) is 11.4. The van der Waals surface area contributed by atoms with Gasteiger partial charge in [-0.05, 0) is 64.7 Å². The van der Waals surface area contributed by atoms with Crippen LogP contribution in [0.5, 0.6) is 5.75 Å². The van der Waals surface area contributed by atoms with E-state index in [1.807, 2.05) is 24.3 Å². The van der Waals surface area contributed by atoms with Gasteiger partial charge in [-0.2, -0.15) is 0 Å². The van der Waals surface area contributed by atoms with Crippen molar-refractivity contribution in [1.82, 2.24) is 5.32 Å². The lowest BCUT2D eigenvalue weighted by Crippen LogP contribution is -2.50. The van der Waals surface area contributed by atoms with Gasteiger partial charge in [-0.1, -0.05) is 69.6 Å². The lowest BCUT2D eigenvalue weighted by atomic mass is 9.80. The number of nitrogens with zero attached hydrogens (tertiary/aromatic N) is 4. The Hall–Kier alpha value is -4.77. The number of aliphatic hydroxyl groups excluding tert-OH is 1. The van der Waals surface area contributed by atoms with E-state index in [-0.39, 0.29) is 31.0 Å². The van der Waals surface area contributed by atoms with E-state index in [4.69, 9.17) is 25.1 Å². The van der Waals surface area contributed by atoms with Crippen LogP contribution in [0.3, 0.4) is 0 Å². The smallest absolute Gasteiger partial charge is 0.252 e. The number of ether oxygens (including phenoxy) is 2. The van der Waals surface area contributed by atoms with Crippen LogP contribution >= 0.6 is 15.9 Å². The fourth-order valence-corrected chi connectivity index (χ4v) is 5.68. The van der Waals surface area contributed by atoms with Crippen LogP contribution in [0.2, 0.25) is 0 Å². The first-order valence-corrected chi connectivity index (χ1v) is 15.3. The molecule has 46 heavy (non-hydrogen) atoms. The summed E-state index contributed by atoms with van der Waals surface area (Å²) in [7, 11) is 0. The van der Waals surface area contributed by atoms with E-state index in [2.05, 4.69) is 31.3 Å². The van der Waals surface area contributed by atoms with Crippen molar-refractivity contribution in [3.05, 3.63) is 145 Å². The van der Waals surface area contributed by atoms with Crippen molar-refractivity contribution in [3.8, 4) is 5.75 Å². The number of benzene rings is 4. The Kier molecular flexibility index (Phi) is 10.6. The van der Waals surface area contributed by atoms with Gasteiger partial charge in [0.1, 0.15) is 17.4 Å². The number of aliphatic hydroxyl groups is 1. The molecule has 236 valence electrons. The first-order valence-electron chi connectivity index (χ1n) is 14.5. The van der Waals surface area contributed by atoms with E-state index in [1.165, 1.54) is 6.07 Å². The molecule has 1 amide bonds. The van der Waals surface area contributed by atoms with Crippen molar-refractivity contribution in [2.75, 3.05) is 13.2 Å². The zero-order chi connectivity index (χ0) is 32.5. The molecule has 5 rings (SSSR count). The molecule has 0 fully saturated rings. The van der Waals surface area contributed by atoms with Gasteiger partial charge < -0.3 is 19.9 Å². The van der Waals surface area contributed by atoms with Crippen LogP contribution in [0.15, 0.2) is 106 Å². The largest absolute Gasteiger partial charge is 0.494 e. The van der Waals surface area contributed by atoms with E-state index < -0.39 is 35.7 Å². The summed E-state index contributed by atoms with van der Waals surface area (Å²) < 4.78 is 42.1. The van der Waals surface area contributed by atoms with Crippen LogP contribution in [0.4, 0.5) is 8.78 Å². The first kappa shape index (κ1) is 32.6. The minimum Gasteiger partial charge on any atom is -0.494 e. The van der Waals surface area contributed by atoms with Gasteiger partial charge >= 0.3 is 0 Å². The molecule has 0 radical (unpaired) electrons. The lowest BCUT2D eigenvalue weighted by molar-refractivity contribution is -0.129. The number of aliphatic imine (C=N–C) groups is 1. The number of hydrogen-bond donors (Lipinski definition) is 2. The van der Waals surface area contributed by atoms with E-state index >= 15 is 0 Å². The van der Waals surface area contributed by atoms with Crippen LogP contribution in [0, 0.1) is 11.6 Å². The molecule has 0 aromatic heterocycles. The van der Waals surface area contributed by atoms with E-state index in [9.17, 15) is 13.6 Å². The Labute approximate surface area is 272 Å². The van der Waals surface area contributed by atoms with E-state index in [0.29, 0.717) is 35.5 Å². The number of nitrogens with one attached hydrogen (secondary N) is 1. The zero-order valence-corrected chi connectivity index (χ0v) is 26.2. The average Bonchev–Trinajstić information content (AvgIpc) is 3.45. The lowest BCUT2D eigenvalue weighted by Gasteiger charge is -2.32. The summed E-state index contributed by atoms with van der Waals surface area (Å²) in [6, 6.07) is 25.0. The van der Waals surface area contributed by atoms with Gasteiger partial charge in [-0.3, -0.25) is 4.79 Å². The fraction of sp³-hybridized carbons (Fsp3) is 0.235. The van der Waals surface area contributed by atoms with E-state index in [0.717, 1.165) is 22.2 Å². The minimum atomic E-state index is -1.66. The summed E-state index contributed by atoms with van der Waals surface area (Å²) in [4.78, 5) is 22.3. The highest BCUT2D eigenvalue weighted by Gasteiger charge is 2.54. The highest BCUT2D eigenvalue weighted by atomic mass is 79.9. The molecule has 9 nitrogen and oxygen atoms in total. The third-order valence-electron chi connectivity index (χ3n) is 7.58. The third-order valence-corrected chi connectivity index (χ3v) is 8.35. The SMILES string of the molecule is [N-]=[N+]=NCc1ccccc1[C@H]1OC(c2ccc(OCCCO)cc2)=N[C@@]1(Cc1ccccc1Br)C(=O)NCc1c(F)cccc1F. The van der Waals surface area contributed by atoms with Gasteiger partial charge in [0.15, 0.2) is 11.6 Å². The van der Waals surface area contributed by atoms with Crippen molar-refractivity contribution in [3.63, 3.8) is 0 Å². The van der Waals surface area contributed by atoms with Crippen LogP contribution in [0.25, 0.3) is 10.4 Å². The summed E-state index contributed by atoms with van der Waals surface area (Å²) in [6.45, 7) is -0.0759. The predicted octanol–water partition coefficient (Wildman–Crippen LogP) is 7.11. The van der Waals surface area contributed by atoms with Crippen LogP contribution in [0.1, 0.15) is 40.3 Å². The summed E-state index contributed by atoms with van der Waals surface area (Å²) in [5.74, 6) is -1.44. The molecule has 0 spiro atoms. The first-order chi connectivity index (χ1) is 22.4. The van der Waals surface area contributed by atoms with Crippen LogP contribution < -0.4 is 10.1 Å². The number of rotatable bonds is 13. The topological polar surface area (TPSA) is 129 Å². The normalized spacial score (nSPS) is 17.0. The predicted molar refractivity (Wildman–Crippen MR) is 172 cm³/mol. The molecule has 12 heteroatoms.